The van der Waals surface area contributed by atoms with Crippen molar-refractivity contribution in [2.24, 2.45) is 0 Å². The van der Waals surface area contributed by atoms with Crippen molar-refractivity contribution in [3.05, 3.63) is 83.2 Å². The van der Waals surface area contributed by atoms with Gasteiger partial charge in [0.05, 0.1) is 37.3 Å². The molecular formula is C43H45FN10O5. The molecule has 2 fully saturated rings. The predicted molar refractivity (Wildman–Crippen MR) is 217 cm³/mol. The number of hydrogen-bond acceptors (Lipinski definition) is 10. The largest absolute Gasteiger partial charge is 0.495 e. The van der Waals surface area contributed by atoms with Crippen LogP contribution in [0.25, 0.3) is 16.8 Å². The molecule has 1 unspecified atom stereocenters. The highest BCUT2D eigenvalue weighted by Gasteiger charge is 2.40. The van der Waals surface area contributed by atoms with Crippen molar-refractivity contribution in [3.63, 3.8) is 0 Å². The zero-order valence-electron chi connectivity index (χ0n) is 33.3. The minimum Gasteiger partial charge on any atom is -0.495 e. The first kappa shape index (κ1) is 36.9. The molecule has 5 aliphatic rings. The zero-order chi connectivity index (χ0) is 40.7. The third-order valence-electron chi connectivity index (χ3n) is 12.9. The first-order chi connectivity index (χ1) is 28.6. The van der Waals surface area contributed by atoms with Crippen molar-refractivity contribution >= 4 is 52.2 Å². The monoisotopic (exact) mass is 800 g/mol. The number of aromatic nitrogens is 4. The third-order valence-corrected chi connectivity index (χ3v) is 12.9. The van der Waals surface area contributed by atoms with Gasteiger partial charge < -0.3 is 33.6 Å². The molecule has 0 aliphatic carbocycles. The predicted octanol–water partition coefficient (Wildman–Crippen LogP) is 4.44. The van der Waals surface area contributed by atoms with E-state index in [1.54, 1.807) is 31.2 Å². The molecule has 0 radical (unpaired) electrons. The number of nitrogens with zero attached hydrogens (tertiary/aromatic N) is 9. The molecule has 5 aliphatic heterocycles. The molecule has 59 heavy (non-hydrogen) atoms. The number of pyridine rings is 1. The summed E-state index contributed by atoms with van der Waals surface area (Å²) < 4.78 is 26.2. The van der Waals surface area contributed by atoms with Crippen molar-refractivity contribution < 1.29 is 28.3 Å². The van der Waals surface area contributed by atoms with Gasteiger partial charge in [0.15, 0.2) is 5.82 Å². The summed E-state index contributed by atoms with van der Waals surface area (Å²) in [4.78, 5) is 64.8. The Balaban J connectivity index is 0.929. The first-order valence-electron chi connectivity index (χ1n) is 20.3. The van der Waals surface area contributed by atoms with Crippen LogP contribution in [0.4, 0.5) is 27.3 Å². The summed E-state index contributed by atoms with van der Waals surface area (Å²) in [7, 11) is 3.59. The van der Waals surface area contributed by atoms with Crippen LogP contribution in [-0.2, 0) is 33.9 Å². The number of imidazole rings is 1. The average Bonchev–Trinajstić information content (AvgIpc) is 3.95. The van der Waals surface area contributed by atoms with Gasteiger partial charge in [-0.1, -0.05) is 0 Å². The normalized spacial score (nSPS) is 19.6. The van der Waals surface area contributed by atoms with E-state index >= 15 is 4.39 Å². The minimum atomic E-state index is -0.650. The molecule has 304 valence electrons. The van der Waals surface area contributed by atoms with Crippen LogP contribution < -0.4 is 24.8 Å². The van der Waals surface area contributed by atoms with Crippen LogP contribution in [0.3, 0.4) is 0 Å². The number of piperidine rings is 2. The number of rotatable bonds is 6. The van der Waals surface area contributed by atoms with E-state index in [1.807, 2.05) is 53.0 Å². The lowest BCUT2D eigenvalue weighted by molar-refractivity contribution is -0.137. The fourth-order valence-electron chi connectivity index (χ4n) is 9.65. The highest BCUT2D eigenvalue weighted by atomic mass is 19.1. The van der Waals surface area contributed by atoms with Crippen LogP contribution in [0.5, 0.6) is 5.75 Å². The second-order valence-corrected chi connectivity index (χ2v) is 16.2. The maximum atomic E-state index is 16.5. The summed E-state index contributed by atoms with van der Waals surface area (Å²) in [5.41, 5.74) is 7.94. The molecule has 5 aromatic rings. The molecule has 1 N–H and O–H groups in total. The van der Waals surface area contributed by atoms with Gasteiger partial charge in [-0.05, 0) is 55.2 Å². The fraction of sp³-hybridized carbons (Fsp3) is 0.395. The molecular weight excluding hydrogens is 756 g/mol. The average molecular weight is 801 g/mol. The molecule has 15 nitrogen and oxygen atoms in total. The Morgan fingerprint density at radius 2 is 1.75 bits per heavy atom. The third kappa shape index (κ3) is 6.14. The van der Waals surface area contributed by atoms with E-state index in [1.165, 1.54) is 0 Å². The maximum Gasteiger partial charge on any atom is 0.255 e. The standard InChI is InChI=1S/C43H45FN10O5/c1-25(55)50-14-10-34-32(23-50)41(52-17-16-48(2)36-19-30(33(44)21-37(36)52)31-20-39-45-11-15-51(39)24-38(31)59-3)47-54(34)27-8-12-49(13-9-27)28-4-5-29-26(18-28)22-53(43(29)58)35-6-7-40(56)46-42(35)57/h4-5,11,15,18-21,24,27,35H,6-10,12-14,16-17,22-23H2,1-3H3,(H,46,56,57). The number of likely N-dealkylation sites (N-methyl/N-ethyl adjacent to an activating group) is 1. The number of fused-ring (bicyclic) bond motifs is 4. The van der Waals surface area contributed by atoms with E-state index in [2.05, 4.69) is 35.7 Å². The number of carbonyl (C=O) groups excluding carboxylic acids is 4. The maximum absolute atomic E-state index is 16.5. The van der Waals surface area contributed by atoms with Gasteiger partial charge in [-0.15, -0.1) is 0 Å². The minimum absolute atomic E-state index is 0.0109. The van der Waals surface area contributed by atoms with Crippen molar-refractivity contribution in [3.8, 4) is 16.9 Å². The summed E-state index contributed by atoms with van der Waals surface area (Å²) in [6, 6.07) is 10.7. The number of carbonyl (C=O) groups is 4. The second kappa shape index (κ2) is 14.1. The lowest BCUT2D eigenvalue weighted by Crippen LogP contribution is -2.52. The number of hydrogen-bond donors (Lipinski definition) is 1. The van der Waals surface area contributed by atoms with Gasteiger partial charge >= 0.3 is 0 Å². The van der Waals surface area contributed by atoms with Gasteiger partial charge in [0, 0.05) is 118 Å². The molecule has 0 spiro atoms. The van der Waals surface area contributed by atoms with E-state index in [-0.39, 0.29) is 36.0 Å². The molecule has 10 rings (SSSR count). The van der Waals surface area contributed by atoms with Crippen molar-refractivity contribution in [1.29, 1.82) is 0 Å². The smallest absolute Gasteiger partial charge is 0.255 e. The molecule has 1 atom stereocenters. The Morgan fingerprint density at radius 1 is 0.915 bits per heavy atom. The van der Waals surface area contributed by atoms with E-state index in [0.29, 0.717) is 79.3 Å². The SMILES string of the molecule is COc1cn2ccnc2cc1-c1cc2c(cc1F)N(c1nn(C3CCN(c4ccc5c(c4)CN(C4CCC(=O)NC4=O)C5=O)CC3)c3c1CN(C(C)=O)CC3)CCN2C. The van der Waals surface area contributed by atoms with Gasteiger partial charge in [-0.25, -0.2) is 9.37 Å². The number of methoxy groups -OCH3 is 1. The molecule has 16 heteroatoms. The van der Waals surface area contributed by atoms with Crippen molar-refractivity contribution in [1.82, 2.24) is 34.3 Å². The lowest BCUT2D eigenvalue weighted by Gasteiger charge is -2.37. The Morgan fingerprint density at radius 3 is 2.53 bits per heavy atom. The van der Waals surface area contributed by atoms with Crippen LogP contribution in [0, 0.1) is 5.82 Å². The van der Waals surface area contributed by atoms with E-state index in [0.717, 1.165) is 59.9 Å². The van der Waals surface area contributed by atoms with Crippen LogP contribution in [-0.4, -0.2) is 106 Å². The van der Waals surface area contributed by atoms with Gasteiger partial charge in [0.1, 0.15) is 23.3 Å². The zero-order valence-corrected chi connectivity index (χ0v) is 33.3. The summed E-state index contributed by atoms with van der Waals surface area (Å²) in [5.74, 6) is 0.0247. The molecule has 3 aromatic heterocycles. The molecule has 8 heterocycles. The number of amides is 4. The Hall–Kier alpha value is -6.45. The Kier molecular flexibility index (Phi) is 8.83. The van der Waals surface area contributed by atoms with Gasteiger partial charge in [0.25, 0.3) is 5.91 Å². The van der Waals surface area contributed by atoms with E-state index < -0.39 is 11.9 Å². The summed E-state index contributed by atoms with van der Waals surface area (Å²) in [6.45, 7) is 5.80. The molecule has 2 aromatic carbocycles. The number of ether oxygens (including phenoxy) is 1. The number of nitrogens with one attached hydrogen (secondary N) is 1. The Bertz CT molecular complexity index is 2580. The fourth-order valence-corrected chi connectivity index (χ4v) is 9.65. The van der Waals surface area contributed by atoms with Crippen LogP contribution in [0.15, 0.2) is 55.0 Å². The number of halogens is 1. The van der Waals surface area contributed by atoms with Crippen LogP contribution in [0.2, 0.25) is 0 Å². The van der Waals surface area contributed by atoms with Crippen LogP contribution in [0.1, 0.15) is 65.8 Å². The topological polar surface area (TPSA) is 141 Å². The quantitative estimate of drug-likeness (QED) is 0.245. The van der Waals surface area contributed by atoms with E-state index in [4.69, 9.17) is 9.84 Å². The second-order valence-electron chi connectivity index (χ2n) is 16.2. The van der Waals surface area contributed by atoms with Gasteiger partial charge in [0.2, 0.25) is 17.7 Å². The lowest BCUT2D eigenvalue weighted by atomic mass is 10.00. The van der Waals surface area contributed by atoms with Gasteiger partial charge in [-0.2, -0.15) is 5.10 Å². The molecule has 2 saturated heterocycles. The van der Waals surface area contributed by atoms with Crippen LogP contribution >= 0.6 is 0 Å². The highest BCUT2D eigenvalue weighted by molar-refractivity contribution is 6.05. The van der Waals surface area contributed by atoms with Crippen molar-refractivity contribution in [2.45, 2.75) is 64.2 Å². The summed E-state index contributed by atoms with van der Waals surface area (Å²) >= 11 is 0. The molecule has 0 saturated carbocycles. The first-order valence-corrected chi connectivity index (χ1v) is 20.3. The molecule has 0 bridgehead atoms. The summed E-state index contributed by atoms with van der Waals surface area (Å²) in [6.07, 6.45) is 8.23. The number of benzene rings is 2. The van der Waals surface area contributed by atoms with E-state index in [9.17, 15) is 19.2 Å². The molecule has 4 amide bonds. The van der Waals surface area contributed by atoms with Gasteiger partial charge in [-0.3, -0.25) is 29.2 Å². The van der Waals surface area contributed by atoms with Crippen molar-refractivity contribution in [2.75, 3.05) is 61.6 Å². The number of anilines is 4. The highest BCUT2D eigenvalue weighted by Crippen LogP contribution is 2.45. The summed E-state index contributed by atoms with van der Waals surface area (Å²) in [5, 5.41) is 7.73. The number of imide groups is 1. The Labute approximate surface area is 339 Å².